The average molecular weight is 280 g/mol. The van der Waals surface area contributed by atoms with E-state index in [1.54, 1.807) is 30.3 Å². The molecule has 0 saturated carbocycles. The number of nitriles is 1. The number of halogens is 1. The predicted octanol–water partition coefficient (Wildman–Crippen LogP) is 2.73. The summed E-state index contributed by atoms with van der Waals surface area (Å²) < 4.78 is 18.7. The van der Waals surface area contributed by atoms with Gasteiger partial charge < -0.3 is 4.52 Å². The molecule has 0 aliphatic heterocycles. The first kappa shape index (κ1) is 12.9. The van der Waals surface area contributed by atoms with Gasteiger partial charge in [-0.2, -0.15) is 10.2 Å². The van der Waals surface area contributed by atoms with Crippen LogP contribution in [0.5, 0.6) is 0 Å². The van der Waals surface area contributed by atoms with Crippen LogP contribution in [0.3, 0.4) is 0 Å². The molecule has 0 aliphatic rings. The van der Waals surface area contributed by atoms with Gasteiger partial charge in [-0.15, -0.1) is 0 Å². The molecule has 0 atom stereocenters. The summed E-state index contributed by atoms with van der Waals surface area (Å²) >= 11 is 0. The SMILES string of the molecule is N#Cc1cc(-c2nc(Cc3ccccc3F)no2)ccn1. The molecule has 3 aromatic rings. The van der Waals surface area contributed by atoms with E-state index in [-0.39, 0.29) is 23.8 Å². The first-order valence-electron chi connectivity index (χ1n) is 6.19. The lowest BCUT2D eigenvalue weighted by Gasteiger charge is -1.97. The van der Waals surface area contributed by atoms with E-state index < -0.39 is 0 Å². The quantitative estimate of drug-likeness (QED) is 0.737. The smallest absolute Gasteiger partial charge is 0.258 e. The van der Waals surface area contributed by atoms with E-state index in [1.807, 2.05) is 6.07 Å². The van der Waals surface area contributed by atoms with Crippen LogP contribution in [0.15, 0.2) is 47.1 Å². The van der Waals surface area contributed by atoms with E-state index in [9.17, 15) is 4.39 Å². The summed E-state index contributed by atoms with van der Waals surface area (Å²) in [5, 5.41) is 12.6. The topological polar surface area (TPSA) is 75.6 Å². The second kappa shape index (κ2) is 5.51. The predicted molar refractivity (Wildman–Crippen MR) is 71.5 cm³/mol. The maximum absolute atomic E-state index is 13.6. The molecule has 6 heteroatoms. The molecular weight excluding hydrogens is 271 g/mol. The molecule has 2 heterocycles. The van der Waals surface area contributed by atoms with Crippen molar-refractivity contribution in [2.45, 2.75) is 6.42 Å². The zero-order chi connectivity index (χ0) is 14.7. The molecule has 0 saturated heterocycles. The summed E-state index contributed by atoms with van der Waals surface area (Å²) in [6.45, 7) is 0. The standard InChI is InChI=1S/C15H9FN4O/c16-13-4-2-1-3-10(13)8-14-19-15(21-20-14)11-5-6-18-12(7-11)9-17/h1-7H,8H2. The molecule has 5 nitrogen and oxygen atoms in total. The minimum absolute atomic E-state index is 0.242. The number of aromatic nitrogens is 3. The molecular formula is C15H9FN4O. The fraction of sp³-hybridized carbons (Fsp3) is 0.0667. The van der Waals surface area contributed by atoms with E-state index >= 15 is 0 Å². The molecule has 0 radical (unpaired) electrons. The molecule has 102 valence electrons. The van der Waals surface area contributed by atoms with Crippen molar-refractivity contribution in [2.24, 2.45) is 0 Å². The highest BCUT2D eigenvalue weighted by Gasteiger charge is 2.11. The molecule has 0 aliphatic carbocycles. The molecule has 0 unspecified atom stereocenters. The second-order valence-corrected chi connectivity index (χ2v) is 4.33. The van der Waals surface area contributed by atoms with Crippen LogP contribution in [-0.2, 0) is 6.42 Å². The molecule has 0 amide bonds. The van der Waals surface area contributed by atoms with Gasteiger partial charge in [-0.3, -0.25) is 0 Å². The first-order chi connectivity index (χ1) is 10.3. The average Bonchev–Trinajstić information content (AvgIpc) is 2.98. The highest BCUT2D eigenvalue weighted by molar-refractivity contribution is 5.54. The second-order valence-electron chi connectivity index (χ2n) is 4.33. The number of rotatable bonds is 3. The monoisotopic (exact) mass is 280 g/mol. The van der Waals surface area contributed by atoms with Gasteiger partial charge in [0.25, 0.3) is 5.89 Å². The van der Waals surface area contributed by atoms with Gasteiger partial charge >= 0.3 is 0 Å². The van der Waals surface area contributed by atoms with Crippen molar-refractivity contribution < 1.29 is 8.91 Å². The number of benzene rings is 1. The Morgan fingerprint density at radius 1 is 1.24 bits per heavy atom. The van der Waals surface area contributed by atoms with Gasteiger partial charge in [0.15, 0.2) is 5.82 Å². The van der Waals surface area contributed by atoms with Crippen LogP contribution in [-0.4, -0.2) is 15.1 Å². The Balaban J connectivity index is 1.87. The summed E-state index contributed by atoms with van der Waals surface area (Å²) in [5.41, 5.74) is 1.37. The van der Waals surface area contributed by atoms with E-state index in [0.717, 1.165) is 0 Å². The van der Waals surface area contributed by atoms with Crippen LogP contribution in [0.4, 0.5) is 4.39 Å². The molecule has 0 fully saturated rings. The van der Waals surface area contributed by atoms with E-state index in [1.165, 1.54) is 12.3 Å². The van der Waals surface area contributed by atoms with Gasteiger partial charge in [0.2, 0.25) is 0 Å². The summed E-state index contributed by atoms with van der Waals surface area (Å²) in [4.78, 5) is 8.08. The number of hydrogen-bond donors (Lipinski definition) is 0. The van der Waals surface area contributed by atoms with Crippen molar-refractivity contribution in [3.05, 3.63) is 65.5 Å². The minimum Gasteiger partial charge on any atom is -0.334 e. The lowest BCUT2D eigenvalue weighted by molar-refractivity contribution is 0.423. The fourth-order valence-corrected chi connectivity index (χ4v) is 1.88. The lowest BCUT2D eigenvalue weighted by Crippen LogP contribution is -1.94. The van der Waals surface area contributed by atoms with E-state index in [0.29, 0.717) is 17.0 Å². The van der Waals surface area contributed by atoms with Gasteiger partial charge in [0, 0.05) is 18.2 Å². The Labute approximate surface area is 119 Å². The number of hydrogen-bond acceptors (Lipinski definition) is 5. The molecule has 0 N–H and O–H groups in total. The van der Waals surface area contributed by atoms with Crippen molar-refractivity contribution in [3.8, 4) is 17.5 Å². The molecule has 0 spiro atoms. The van der Waals surface area contributed by atoms with Gasteiger partial charge in [-0.05, 0) is 23.8 Å². The van der Waals surface area contributed by atoms with Crippen molar-refractivity contribution in [1.82, 2.24) is 15.1 Å². The Hall–Kier alpha value is -3.07. The van der Waals surface area contributed by atoms with Crippen LogP contribution in [0, 0.1) is 17.1 Å². The third kappa shape index (κ3) is 2.77. The third-order valence-corrected chi connectivity index (χ3v) is 2.90. The van der Waals surface area contributed by atoms with Crippen molar-refractivity contribution >= 4 is 0 Å². The highest BCUT2D eigenvalue weighted by atomic mass is 19.1. The van der Waals surface area contributed by atoms with Gasteiger partial charge in [-0.25, -0.2) is 9.37 Å². The highest BCUT2D eigenvalue weighted by Crippen LogP contribution is 2.18. The van der Waals surface area contributed by atoms with Crippen molar-refractivity contribution in [1.29, 1.82) is 5.26 Å². The molecule has 3 rings (SSSR count). The maximum Gasteiger partial charge on any atom is 0.258 e. The Morgan fingerprint density at radius 2 is 2.10 bits per heavy atom. The van der Waals surface area contributed by atoms with Crippen LogP contribution >= 0.6 is 0 Å². The summed E-state index contributed by atoms with van der Waals surface area (Å²) in [6, 6.07) is 11.6. The zero-order valence-corrected chi connectivity index (χ0v) is 10.8. The summed E-state index contributed by atoms with van der Waals surface area (Å²) in [7, 11) is 0. The molecule has 21 heavy (non-hydrogen) atoms. The summed E-state index contributed by atoms with van der Waals surface area (Å²) in [6.07, 6.45) is 1.74. The number of pyridine rings is 1. The van der Waals surface area contributed by atoms with E-state index in [2.05, 4.69) is 15.1 Å². The normalized spacial score (nSPS) is 10.3. The maximum atomic E-state index is 13.6. The zero-order valence-electron chi connectivity index (χ0n) is 10.8. The summed E-state index contributed by atoms with van der Waals surface area (Å²) in [5.74, 6) is 0.352. The van der Waals surface area contributed by atoms with Gasteiger partial charge in [0.05, 0.1) is 0 Å². The van der Waals surface area contributed by atoms with E-state index in [4.69, 9.17) is 9.78 Å². The van der Waals surface area contributed by atoms with Crippen molar-refractivity contribution in [3.63, 3.8) is 0 Å². The Bertz CT molecular complexity index is 822. The lowest BCUT2D eigenvalue weighted by atomic mass is 10.1. The van der Waals surface area contributed by atoms with Crippen molar-refractivity contribution in [2.75, 3.05) is 0 Å². The number of nitrogens with zero attached hydrogens (tertiary/aromatic N) is 4. The van der Waals surface area contributed by atoms with Crippen LogP contribution in [0.25, 0.3) is 11.5 Å². The van der Waals surface area contributed by atoms with Crippen LogP contribution in [0.1, 0.15) is 17.1 Å². The molecule has 0 bridgehead atoms. The van der Waals surface area contributed by atoms with Gasteiger partial charge in [-0.1, -0.05) is 23.4 Å². The van der Waals surface area contributed by atoms with Gasteiger partial charge in [0.1, 0.15) is 17.6 Å². The Kier molecular flexibility index (Phi) is 3.39. The Morgan fingerprint density at radius 3 is 2.90 bits per heavy atom. The van der Waals surface area contributed by atoms with Crippen LogP contribution in [0.2, 0.25) is 0 Å². The third-order valence-electron chi connectivity index (χ3n) is 2.90. The fourth-order valence-electron chi connectivity index (χ4n) is 1.88. The molecule has 2 aromatic heterocycles. The first-order valence-corrected chi connectivity index (χ1v) is 6.19. The molecule has 1 aromatic carbocycles. The van der Waals surface area contributed by atoms with Crippen LogP contribution < -0.4 is 0 Å². The minimum atomic E-state index is -0.306. The largest absolute Gasteiger partial charge is 0.334 e.